The van der Waals surface area contributed by atoms with E-state index in [1.807, 2.05) is 6.92 Å². The number of carbonyl (C=O) groups excluding carboxylic acids is 2. The highest BCUT2D eigenvalue weighted by Gasteiger charge is 2.17. The van der Waals surface area contributed by atoms with Crippen LogP contribution in [0.4, 0.5) is 11.8 Å². The molecule has 3 rings (SSSR count). The Labute approximate surface area is 173 Å². The van der Waals surface area contributed by atoms with Crippen LogP contribution in [0.5, 0.6) is 0 Å². The molecule has 1 aromatic rings. The number of anilines is 2. The van der Waals surface area contributed by atoms with Crippen molar-refractivity contribution in [3.05, 3.63) is 11.8 Å². The fraction of sp³-hybridized carbons (Fsp3) is 0.714. The van der Waals surface area contributed by atoms with E-state index in [4.69, 9.17) is 0 Å². The molecular weight excluding hydrogens is 368 g/mol. The highest BCUT2D eigenvalue weighted by Crippen LogP contribution is 2.18. The molecule has 2 amide bonds. The second-order valence-electron chi connectivity index (χ2n) is 8.24. The molecule has 2 saturated carbocycles. The Morgan fingerprint density at radius 3 is 1.93 bits per heavy atom. The molecular formula is C21H34N6O2. The lowest BCUT2D eigenvalue weighted by atomic mass is 9.95. The normalized spacial score (nSPS) is 18.1. The van der Waals surface area contributed by atoms with Crippen molar-refractivity contribution in [3.8, 4) is 0 Å². The zero-order chi connectivity index (χ0) is 20.5. The highest BCUT2D eigenvalue weighted by molar-refractivity contribution is 5.81. The Bertz CT molecular complexity index is 684. The molecule has 2 aliphatic carbocycles. The second-order valence-corrected chi connectivity index (χ2v) is 8.24. The molecule has 1 aromatic heterocycles. The average molecular weight is 403 g/mol. The molecule has 0 radical (unpaired) electrons. The number of carbonyl (C=O) groups is 2. The minimum absolute atomic E-state index is 0.0173. The van der Waals surface area contributed by atoms with E-state index in [2.05, 4.69) is 31.2 Å². The van der Waals surface area contributed by atoms with Crippen LogP contribution in [0.25, 0.3) is 0 Å². The van der Waals surface area contributed by atoms with Gasteiger partial charge in [-0.25, -0.2) is 4.98 Å². The fourth-order valence-corrected chi connectivity index (χ4v) is 4.08. The molecule has 2 aliphatic rings. The van der Waals surface area contributed by atoms with Crippen molar-refractivity contribution in [2.75, 3.05) is 23.7 Å². The van der Waals surface area contributed by atoms with Crippen molar-refractivity contribution in [1.82, 2.24) is 20.6 Å². The van der Waals surface area contributed by atoms with Gasteiger partial charge in [-0.15, -0.1) is 0 Å². The van der Waals surface area contributed by atoms with Crippen LogP contribution < -0.4 is 21.3 Å². The number of hydrogen-bond acceptors (Lipinski definition) is 6. The Kier molecular flexibility index (Phi) is 8.07. The molecule has 0 spiro atoms. The van der Waals surface area contributed by atoms with Crippen LogP contribution in [-0.4, -0.2) is 47.0 Å². The van der Waals surface area contributed by atoms with Crippen LogP contribution in [0.3, 0.4) is 0 Å². The van der Waals surface area contributed by atoms with Gasteiger partial charge in [0.25, 0.3) is 0 Å². The summed E-state index contributed by atoms with van der Waals surface area (Å²) in [6.45, 7) is 2.21. The van der Waals surface area contributed by atoms with E-state index in [9.17, 15) is 9.59 Å². The first kappa shape index (κ1) is 21.3. The van der Waals surface area contributed by atoms with Crippen LogP contribution in [0.2, 0.25) is 0 Å². The first-order chi connectivity index (χ1) is 14.1. The van der Waals surface area contributed by atoms with E-state index in [0.29, 0.717) is 17.8 Å². The lowest BCUT2D eigenvalue weighted by Crippen LogP contribution is -2.39. The SMILES string of the molecule is Cc1cnc(NCC(=O)NC2CCCCC2)nc1NCC(=O)NC1CCCCC1. The molecule has 29 heavy (non-hydrogen) atoms. The molecule has 2 fully saturated rings. The van der Waals surface area contributed by atoms with E-state index in [1.54, 1.807) is 6.20 Å². The molecule has 160 valence electrons. The van der Waals surface area contributed by atoms with E-state index in [1.165, 1.54) is 38.5 Å². The topological polar surface area (TPSA) is 108 Å². The maximum atomic E-state index is 12.2. The van der Waals surface area contributed by atoms with Crippen LogP contribution in [0.1, 0.15) is 69.8 Å². The number of amides is 2. The first-order valence-corrected chi connectivity index (χ1v) is 11.0. The smallest absolute Gasteiger partial charge is 0.239 e. The number of rotatable bonds is 8. The lowest BCUT2D eigenvalue weighted by Gasteiger charge is -2.23. The predicted molar refractivity (Wildman–Crippen MR) is 114 cm³/mol. The van der Waals surface area contributed by atoms with Crippen LogP contribution in [-0.2, 0) is 9.59 Å². The summed E-state index contributed by atoms with van der Waals surface area (Å²) < 4.78 is 0. The third-order valence-corrected chi connectivity index (χ3v) is 5.74. The van der Waals surface area contributed by atoms with Crippen molar-refractivity contribution in [2.45, 2.75) is 83.2 Å². The van der Waals surface area contributed by atoms with E-state index >= 15 is 0 Å². The molecule has 8 nitrogen and oxygen atoms in total. The monoisotopic (exact) mass is 402 g/mol. The lowest BCUT2D eigenvalue weighted by molar-refractivity contribution is -0.121. The molecule has 0 aliphatic heterocycles. The third kappa shape index (κ3) is 7.18. The van der Waals surface area contributed by atoms with Gasteiger partial charge >= 0.3 is 0 Å². The molecule has 0 unspecified atom stereocenters. The second kappa shape index (κ2) is 11.0. The molecule has 0 aromatic carbocycles. The van der Waals surface area contributed by atoms with Gasteiger partial charge in [-0.1, -0.05) is 38.5 Å². The van der Waals surface area contributed by atoms with Gasteiger partial charge in [0.05, 0.1) is 13.1 Å². The molecule has 8 heteroatoms. The van der Waals surface area contributed by atoms with Gasteiger partial charge in [-0.3, -0.25) is 9.59 Å². The third-order valence-electron chi connectivity index (χ3n) is 5.74. The van der Waals surface area contributed by atoms with Gasteiger partial charge in [0, 0.05) is 23.8 Å². The maximum Gasteiger partial charge on any atom is 0.239 e. The number of aryl methyl sites for hydroxylation is 1. The van der Waals surface area contributed by atoms with Gasteiger partial charge in [0.15, 0.2) is 0 Å². The Morgan fingerprint density at radius 1 is 0.862 bits per heavy atom. The summed E-state index contributed by atoms with van der Waals surface area (Å²) in [5.74, 6) is 0.928. The Balaban J connectivity index is 1.43. The van der Waals surface area contributed by atoms with E-state index < -0.39 is 0 Å². The largest absolute Gasteiger partial charge is 0.361 e. The van der Waals surface area contributed by atoms with Gasteiger partial charge in [-0.05, 0) is 32.6 Å². The summed E-state index contributed by atoms with van der Waals surface area (Å²) in [6.07, 6.45) is 13.2. The number of nitrogens with one attached hydrogen (secondary N) is 4. The first-order valence-electron chi connectivity index (χ1n) is 11.0. The molecule has 4 N–H and O–H groups in total. The predicted octanol–water partition coefficient (Wildman–Crippen LogP) is 2.51. The summed E-state index contributed by atoms with van der Waals surface area (Å²) in [5, 5.41) is 12.2. The van der Waals surface area contributed by atoms with Crippen LogP contribution >= 0.6 is 0 Å². The van der Waals surface area contributed by atoms with E-state index in [0.717, 1.165) is 31.2 Å². The summed E-state index contributed by atoms with van der Waals surface area (Å²) in [4.78, 5) is 33.0. The zero-order valence-electron chi connectivity index (χ0n) is 17.4. The van der Waals surface area contributed by atoms with Crippen molar-refractivity contribution in [3.63, 3.8) is 0 Å². The van der Waals surface area contributed by atoms with Crippen molar-refractivity contribution in [1.29, 1.82) is 0 Å². The van der Waals surface area contributed by atoms with Gasteiger partial charge < -0.3 is 21.3 Å². The van der Waals surface area contributed by atoms with Crippen molar-refractivity contribution < 1.29 is 9.59 Å². The highest BCUT2D eigenvalue weighted by atomic mass is 16.2. The molecule has 1 heterocycles. The van der Waals surface area contributed by atoms with Crippen molar-refractivity contribution in [2.24, 2.45) is 0 Å². The summed E-state index contributed by atoms with van der Waals surface area (Å²) in [5.41, 5.74) is 0.854. The number of aromatic nitrogens is 2. The molecule has 0 atom stereocenters. The number of nitrogens with zero attached hydrogens (tertiary/aromatic N) is 2. The Morgan fingerprint density at radius 2 is 1.38 bits per heavy atom. The minimum atomic E-state index is -0.0394. The zero-order valence-corrected chi connectivity index (χ0v) is 17.4. The fourth-order valence-electron chi connectivity index (χ4n) is 4.08. The Hall–Kier alpha value is -2.38. The van der Waals surface area contributed by atoms with E-state index in [-0.39, 0.29) is 30.9 Å². The standard InChI is InChI=1S/C21H34N6O2/c1-15-12-23-21(24-14-19(29)26-17-10-6-3-7-11-17)27-20(15)22-13-18(28)25-16-8-4-2-5-9-16/h12,16-17H,2-11,13-14H2,1H3,(H,25,28)(H,26,29)(H2,22,23,24,27). The maximum absolute atomic E-state index is 12.2. The summed E-state index contributed by atoms with van der Waals surface area (Å²) in [7, 11) is 0. The molecule has 0 bridgehead atoms. The molecule has 0 saturated heterocycles. The van der Waals surface area contributed by atoms with Crippen LogP contribution in [0.15, 0.2) is 6.20 Å². The van der Waals surface area contributed by atoms with Crippen LogP contribution in [0, 0.1) is 6.92 Å². The van der Waals surface area contributed by atoms with Gasteiger partial charge in [0.2, 0.25) is 17.8 Å². The van der Waals surface area contributed by atoms with Gasteiger partial charge in [0.1, 0.15) is 5.82 Å². The summed E-state index contributed by atoms with van der Waals surface area (Å²) in [6, 6.07) is 0.585. The van der Waals surface area contributed by atoms with Gasteiger partial charge in [-0.2, -0.15) is 4.98 Å². The quantitative estimate of drug-likeness (QED) is 0.532. The summed E-state index contributed by atoms with van der Waals surface area (Å²) >= 11 is 0. The van der Waals surface area contributed by atoms with Crippen molar-refractivity contribution >= 4 is 23.6 Å². The average Bonchev–Trinajstić information content (AvgIpc) is 2.73. The number of hydrogen-bond donors (Lipinski definition) is 4. The minimum Gasteiger partial charge on any atom is -0.361 e.